The van der Waals surface area contributed by atoms with E-state index in [9.17, 15) is 34.8 Å². The highest BCUT2D eigenvalue weighted by molar-refractivity contribution is 7.89. The van der Waals surface area contributed by atoms with Crippen LogP contribution in [0.5, 0.6) is 11.5 Å². The Kier molecular flexibility index (Phi) is 11.3. The lowest BCUT2D eigenvalue weighted by molar-refractivity contribution is -0.154. The average molecular weight is 732 g/mol. The summed E-state index contributed by atoms with van der Waals surface area (Å²) in [4.78, 5) is 8.57. The number of aromatic nitrogens is 2. The first-order valence-electron chi connectivity index (χ1n) is 15.2. The highest BCUT2D eigenvalue weighted by atomic mass is 35.5. The number of para-hydroxylation sites is 1. The van der Waals surface area contributed by atoms with Crippen LogP contribution in [0.3, 0.4) is 0 Å². The number of hydrogen-bond acceptors (Lipinski definition) is 8. The standard InChI is InChI=1S/C32H32ClF6N5O4S/c33-22-9-11-23(12-10-22)42-29-25-3-1-2-4-26(25)43-30(44-29)40-16-20-5-7-21(8-6-20)17-41-49(45,46)28-15-24(47-18-31(34,35)36)13-14-27(28)48-19-32(37,38)39/h1-4,9-15,20-21,41H,5-8,16-19H2,(H2,40,42,43,44). The number of rotatable bonds is 13. The number of anilines is 3. The maximum absolute atomic E-state index is 13.2. The predicted molar refractivity (Wildman–Crippen MR) is 173 cm³/mol. The van der Waals surface area contributed by atoms with E-state index in [0.717, 1.165) is 41.6 Å². The fourth-order valence-electron chi connectivity index (χ4n) is 5.33. The molecule has 0 unspecified atom stereocenters. The third-order valence-corrected chi connectivity index (χ3v) is 9.48. The topological polar surface area (TPSA) is 114 Å². The van der Waals surface area contributed by atoms with Crippen molar-refractivity contribution in [3.8, 4) is 11.5 Å². The van der Waals surface area contributed by atoms with Crippen molar-refractivity contribution >= 4 is 50.0 Å². The van der Waals surface area contributed by atoms with Crippen LogP contribution in [0.4, 0.5) is 43.8 Å². The van der Waals surface area contributed by atoms with Crippen molar-refractivity contribution in [2.75, 3.05) is 36.9 Å². The van der Waals surface area contributed by atoms with Gasteiger partial charge in [0, 0.05) is 35.3 Å². The van der Waals surface area contributed by atoms with Crippen LogP contribution in [0.15, 0.2) is 71.6 Å². The minimum Gasteiger partial charge on any atom is -0.484 e. The maximum Gasteiger partial charge on any atom is 0.422 e. The summed E-state index contributed by atoms with van der Waals surface area (Å²) in [5, 5.41) is 8.08. The largest absolute Gasteiger partial charge is 0.484 e. The highest BCUT2D eigenvalue weighted by Gasteiger charge is 2.32. The lowest BCUT2D eigenvalue weighted by Crippen LogP contribution is -2.33. The monoisotopic (exact) mass is 731 g/mol. The molecule has 0 radical (unpaired) electrons. The van der Waals surface area contributed by atoms with E-state index in [2.05, 4.69) is 34.8 Å². The third kappa shape index (κ3) is 10.7. The molecule has 0 aliphatic heterocycles. The number of hydrogen-bond donors (Lipinski definition) is 3. The Balaban J connectivity index is 1.18. The zero-order valence-corrected chi connectivity index (χ0v) is 27.3. The lowest BCUT2D eigenvalue weighted by Gasteiger charge is -2.29. The summed E-state index contributed by atoms with van der Waals surface area (Å²) in [7, 11) is -4.49. The summed E-state index contributed by atoms with van der Waals surface area (Å²) < 4.78 is 114. The summed E-state index contributed by atoms with van der Waals surface area (Å²) in [5.41, 5.74) is 1.55. The SMILES string of the molecule is O=S(=O)(NCC1CCC(CNc2nc(Nc3ccc(Cl)cc3)c3ccccc3n2)CC1)c1cc(OCC(F)(F)F)ccc1OCC(F)(F)F. The van der Waals surface area contributed by atoms with Crippen molar-refractivity contribution in [3.05, 3.63) is 71.8 Å². The summed E-state index contributed by atoms with van der Waals surface area (Å²) >= 11 is 6.01. The number of benzene rings is 3. The molecular weight excluding hydrogens is 700 g/mol. The number of fused-ring (bicyclic) bond motifs is 1. The van der Waals surface area contributed by atoms with Crippen LogP contribution >= 0.6 is 11.6 Å². The molecule has 0 spiro atoms. The van der Waals surface area contributed by atoms with Gasteiger partial charge in [0.25, 0.3) is 0 Å². The van der Waals surface area contributed by atoms with Gasteiger partial charge in [-0.3, -0.25) is 0 Å². The lowest BCUT2D eigenvalue weighted by atomic mass is 9.82. The molecule has 3 aromatic carbocycles. The van der Waals surface area contributed by atoms with Crippen molar-refractivity contribution in [1.82, 2.24) is 14.7 Å². The highest BCUT2D eigenvalue weighted by Crippen LogP contribution is 2.33. The molecule has 1 aliphatic rings. The summed E-state index contributed by atoms with van der Waals surface area (Å²) in [6.07, 6.45) is -6.67. The molecule has 1 aromatic heterocycles. The first-order chi connectivity index (χ1) is 23.1. The fourth-order valence-corrected chi connectivity index (χ4v) is 6.73. The normalized spacial score (nSPS) is 17.1. The zero-order chi connectivity index (χ0) is 35.2. The Hall–Kier alpha value is -4.02. The molecule has 0 saturated heterocycles. The van der Waals surface area contributed by atoms with E-state index in [1.165, 1.54) is 0 Å². The summed E-state index contributed by atoms with van der Waals surface area (Å²) in [6, 6.07) is 17.3. The third-order valence-electron chi connectivity index (χ3n) is 7.79. The van der Waals surface area contributed by atoms with E-state index < -0.39 is 52.0 Å². The van der Waals surface area contributed by atoms with E-state index in [-0.39, 0.29) is 18.4 Å². The molecule has 49 heavy (non-hydrogen) atoms. The van der Waals surface area contributed by atoms with Gasteiger partial charge in [0.15, 0.2) is 13.2 Å². The van der Waals surface area contributed by atoms with Gasteiger partial charge in [0.1, 0.15) is 22.2 Å². The Morgan fingerprint density at radius 2 is 1.43 bits per heavy atom. The van der Waals surface area contributed by atoms with Crippen molar-refractivity contribution in [2.45, 2.75) is 42.9 Å². The van der Waals surface area contributed by atoms with Gasteiger partial charge >= 0.3 is 12.4 Å². The Bertz CT molecular complexity index is 1840. The van der Waals surface area contributed by atoms with Crippen LogP contribution < -0.4 is 24.8 Å². The predicted octanol–water partition coefficient (Wildman–Crippen LogP) is 8.11. The van der Waals surface area contributed by atoms with E-state index in [1.54, 1.807) is 12.1 Å². The van der Waals surface area contributed by atoms with Gasteiger partial charge in [-0.2, -0.15) is 31.3 Å². The molecule has 3 N–H and O–H groups in total. The molecular formula is C32H32ClF6N5O4S. The molecule has 5 rings (SSSR count). The van der Waals surface area contributed by atoms with E-state index in [4.69, 9.17) is 11.6 Å². The number of nitrogens with one attached hydrogen (secondary N) is 3. The van der Waals surface area contributed by atoms with E-state index in [0.29, 0.717) is 42.2 Å². The van der Waals surface area contributed by atoms with Crippen LogP contribution in [0.25, 0.3) is 10.9 Å². The molecule has 1 aliphatic carbocycles. The molecule has 1 fully saturated rings. The van der Waals surface area contributed by atoms with E-state index >= 15 is 0 Å². The first kappa shape index (κ1) is 36.3. The number of nitrogens with zero attached hydrogens (tertiary/aromatic N) is 2. The molecule has 1 heterocycles. The Labute approximate surface area is 283 Å². The number of sulfonamides is 1. The maximum atomic E-state index is 13.2. The summed E-state index contributed by atoms with van der Waals surface area (Å²) in [5.74, 6) is 0.0587. The van der Waals surface area contributed by atoms with Crippen LogP contribution in [0.2, 0.25) is 5.02 Å². The first-order valence-corrected chi connectivity index (χ1v) is 17.1. The minimum atomic E-state index is -4.77. The molecule has 264 valence electrons. The van der Waals surface area contributed by atoms with Crippen molar-refractivity contribution in [3.63, 3.8) is 0 Å². The Morgan fingerprint density at radius 3 is 2.10 bits per heavy atom. The number of halogens is 7. The molecule has 1 saturated carbocycles. The average Bonchev–Trinajstić information content (AvgIpc) is 3.05. The minimum absolute atomic E-state index is 0.0255. The number of alkyl halides is 6. The fraction of sp³-hybridized carbons (Fsp3) is 0.375. The van der Waals surface area contributed by atoms with E-state index in [1.807, 2.05) is 36.4 Å². The molecule has 4 aromatic rings. The molecule has 0 amide bonds. The Morgan fingerprint density at radius 1 is 0.796 bits per heavy atom. The van der Waals surface area contributed by atoms with Gasteiger partial charge in [-0.1, -0.05) is 23.7 Å². The summed E-state index contributed by atoms with van der Waals surface area (Å²) in [6.45, 7) is -2.96. The van der Waals surface area contributed by atoms with Gasteiger partial charge in [0.2, 0.25) is 16.0 Å². The number of ether oxygens (including phenoxy) is 2. The van der Waals surface area contributed by atoms with Gasteiger partial charge in [-0.15, -0.1) is 0 Å². The van der Waals surface area contributed by atoms with Gasteiger partial charge in [-0.25, -0.2) is 18.1 Å². The van der Waals surface area contributed by atoms with Crippen molar-refractivity contribution < 1.29 is 44.2 Å². The zero-order valence-electron chi connectivity index (χ0n) is 25.7. The molecule has 17 heteroatoms. The van der Waals surface area contributed by atoms with Gasteiger partial charge in [-0.05, 0) is 86.1 Å². The quantitative estimate of drug-likeness (QED) is 0.118. The molecule has 0 bridgehead atoms. The van der Waals surface area contributed by atoms with Crippen LogP contribution in [-0.4, -0.2) is 57.0 Å². The van der Waals surface area contributed by atoms with Crippen molar-refractivity contribution in [2.24, 2.45) is 11.8 Å². The smallest absolute Gasteiger partial charge is 0.422 e. The second-order valence-corrected chi connectivity index (χ2v) is 13.8. The van der Waals surface area contributed by atoms with Crippen molar-refractivity contribution in [1.29, 1.82) is 0 Å². The van der Waals surface area contributed by atoms with Gasteiger partial charge in [0.05, 0.1) is 5.52 Å². The molecule has 0 atom stereocenters. The van der Waals surface area contributed by atoms with Crippen LogP contribution in [-0.2, 0) is 10.0 Å². The molecule has 9 nitrogen and oxygen atoms in total. The second-order valence-electron chi connectivity index (χ2n) is 11.6. The van der Waals surface area contributed by atoms with Crippen LogP contribution in [0, 0.1) is 11.8 Å². The second kappa shape index (κ2) is 15.3. The van der Waals surface area contributed by atoms with Crippen LogP contribution in [0.1, 0.15) is 25.7 Å². The van der Waals surface area contributed by atoms with Gasteiger partial charge < -0.3 is 20.1 Å².